The van der Waals surface area contributed by atoms with Gasteiger partial charge in [0.05, 0.1) is 0 Å². The fourth-order valence-electron chi connectivity index (χ4n) is 3.42. The maximum Gasteiger partial charge on any atom is 0.00954 e. The second kappa shape index (κ2) is 5.50. The van der Waals surface area contributed by atoms with Crippen LogP contribution in [-0.4, -0.2) is 30.1 Å². The quantitative estimate of drug-likeness (QED) is 0.781. The second-order valence-corrected chi connectivity index (χ2v) is 6.19. The molecule has 2 heteroatoms. The first-order valence-corrected chi connectivity index (χ1v) is 7.16. The molecule has 1 aliphatic heterocycles. The minimum Gasteiger partial charge on any atom is -0.328 e. The maximum absolute atomic E-state index is 5.96. The summed E-state index contributed by atoms with van der Waals surface area (Å²) in [5.41, 5.74) is 5.96. The van der Waals surface area contributed by atoms with E-state index in [9.17, 15) is 0 Å². The molecule has 0 bridgehead atoms. The first-order valence-electron chi connectivity index (χ1n) is 7.16. The fourth-order valence-corrected chi connectivity index (χ4v) is 3.42. The molecule has 2 nitrogen and oxygen atoms in total. The molecule has 2 aliphatic rings. The monoisotopic (exact) mass is 224 g/mol. The maximum atomic E-state index is 5.96. The van der Waals surface area contributed by atoms with Crippen LogP contribution < -0.4 is 5.73 Å². The summed E-state index contributed by atoms with van der Waals surface area (Å²) in [5, 5.41) is 0. The van der Waals surface area contributed by atoms with Crippen molar-refractivity contribution < 1.29 is 0 Å². The van der Waals surface area contributed by atoms with Gasteiger partial charge in [0.15, 0.2) is 0 Å². The Morgan fingerprint density at radius 1 is 0.938 bits per heavy atom. The van der Waals surface area contributed by atoms with Crippen LogP contribution in [0.5, 0.6) is 0 Å². The third kappa shape index (κ3) is 2.98. The number of nitrogens with two attached hydrogens (primary N) is 1. The Labute approximate surface area is 101 Å². The average molecular weight is 224 g/mol. The highest BCUT2D eigenvalue weighted by molar-refractivity contribution is 4.84. The molecule has 0 aromatic rings. The zero-order valence-corrected chi connectivity index (χ0v) is 11.0. The summed E-state index contributed by atoms with van der Waals surface area (Å²) in [7, 11) is 0. The highest BCUT2D eigenvalue weighted by atomic mass is 15.2. The first kappa shape index (κ1) is 12.4. The van der Waals surface area contributed by atoms with Crippen molar-refractivity contribution in [2.45, 2.75) is 64.5 Å². The number of piperidine rings is 1. The predicted octanol–water partition coefficient (Wildman–Crippen LogP) is 2.62. The highest BCUT2D eigenvalue weighted by Gasteiger charge is 2.28. The summed E-state index contributed by atoms with van der Waals surface area (Å²) >= 11 is 0. The minimum atomic E-state index is 0.475. The number of rotatable bonds is 2. The van der Waals surface area contributed by atoms with Gasteiger partial charge in [-0.3, -0.25) is 0 Å². The van der Waals surface area contributed by atoms with E-state index in [0.717, 1.165) is 17.9 Å². The van der Waals surface area contributed by atoms with Crippen molar-refractivity contribution in [3.63, 3.8) is 0 Å². The Morgan fingerprint density at radius 2 is 1.50 bits per heavy atom. The van der Waals surface area contributed by atoms with Crippen LogP contribution in [0.15, 0.2) is 0 Å². The Balaban J connectivity index is 1.76. The van der Waals surface area contributed by atoms with Gasteiger partial charge < -0.3 is 10.6 Å². The molecule has 0 aromatic carbocycles. The van der Waals surface area contributed by atoms with E-state index in [1.807, 2.05) is 0 Å². The molecule has 2 rings (SSSR count). The zero-order valence-electron chi connectivity index (χ0n) is 11.0. The van der Waals surface area contributed by atoms with E-state index in [2.05, 4.69) is 18.7 Å². The molecule has 0 aromatic heterocycles. The number of hydrogen-bond acceptors (Lipinski definition) is 2. The molecule has 1 saturated carbocycles. The normalized spacial score (nSPS) is 34.5. The van der Waals surface area contributed by atoms with E-state index < -0.39 is 0 Å². The molecular weight excluding hydrogens is 196 g/mol. The summed E-state index contributed by atoms with van der Waals surface area (Å²) in [6.45, 7) is 7.26. The molecule has 0 amide bonds. The second-order valence-electron chi connectivity index (χ2n) is 6.19. The van der Waals surface area contributed by atoms with Gasteiger partial charge in [-0.05, 0) is 63.5 Å². The molecule has 0 atom stereocenters. The summed E-state index contributed by atoms with van der Waals surface area (Å²) in [4.78, 5) is 2.71. The van der Waals surface area contributed by atoms with E-state index in [1.165, 1.54) is 51.6 Å². The summed E-state index contributed by atoms with van der Waals surface area (Å²) in [5.74, 6) is 1.87. The number of likely N-dealkylation sites (tertiary alicyclic amines) is 1. The van der Waals surface area contributed by atoms with E-state index in [0.29, 0.717) is 6.04 Å². The molecule has 2 fully saturated rings. The van der Waals surface area contributed by atoms with Crippen molar-refractivity contribution in [2.24, 2.45) is 17.6 Å². The summed E-state index contributed by atoms with van der Waals surface area (Å²) in [6.07, 6.45) is 8.18. The average Bonchev–Trinajstić information content (AvgIpc) is 2.30. The van der Waals surface area contributed by atoms with Crippen molar-refractivity contribution in [1.82, 2.24) is 4.90 Å². The largest absolute Gasteiger partial charge is 0.328 e. The Kier molecular flexibility index (Phi) is 4.26. The topological polar surface area (TPSA) is 29.3 Å². The lowest BCUT2D eigenvalue weighted by Gasteiger charge is -2.41. The van der Waals surface area contributed by atoms with Crippen LogP contribution in [0.3, 0.4) is 0 Å². The van der Waals surface area contributed by atoms with Gasteiger partial charge in [0.1, 0.15) is 0 Å². The van der Waals surface area contributed by atoms with Crippen LogP contribution in [0, 0.1) is 11.8 Å². The van der Waals surface area contributed by atoms with Gasteiger partial charge in [0.2, 0.25) is 0 Å². The third-order valence-corrected chi connectivity index (χ3v) is 4.77. The lowest BCUT2D eigenvalue weighted by atomic mass is 9.79. The molecule has 1 aliphatic carbocycles. The Bertz CT molecular complexity index is 199. The molecule has 0 spiro atoms. The van der Waals surface area contributed by atoms with Gasteiger partial charge in [-0.2, -0.15) is 0 Å². The standard InChI is InChI=1S/C14H28N2/c1-11(2)12-3-5-14(6-4-12)16-9-7-13(15)8-10-16/h11-14H,3-10,15H2,1-2H3. The van der Waals surface area contributed by atoms with Crippen LogP contribution in [0.1, 0.15) is 52.4 Å². The third-order valence-electron chi connectivity index (χ3n) is 4.77. The van der Waals surface area contributed by atoms with Crippen LogP contribution >= 0.6 is 0 Å². The molecule has 16 heavy (non-hydrogen) atoms. The zero-order chi connectivity index (χ0) is 11.5. The number of nitrogens with zero attached hydrogens (tertiary/aromatic N) is 1. The summed E-state index contributed by atoms with van der Waals surface area (Å²) in [6, 6.07) is 1.35. The van der Waals surface area contributed by atoms with Gasteiger partial charge in [-0.15, -0.1) is 0 Å². The van der Waals surface area contributed by atoms with Gasteiger partial charge in [-0.25, -0.2) is 0 Å². The molecule has 1 saturated heterocycles. The van der Waals surface area contributed by atoms with Crippen molar-refractivity contribution in [1.29, 1.82) is 0 Å². The minimum absolute atomic E-state index is 0.475. The molecule has 0 radical (unpaired) electrons. The van der Waals surface area contributed by atoms with Gasteiger partial charge in [0, 0.05) is 12.1 Å². The highest BCUT2D eigenvalue weighted by Crippen LogP contribution is 2.32. The van der Waals surface area contributed by atoms with Crippen molar-refractivity contribution in [2.75, 3.05) is 13.1 Å². The molecule has 1 heterocycles. The lowest BCUT2D eigenvalue weighted by molar-refractivity contribution is 0.0989. The fraction of sp³-hybridized carbons (Fsp3) is 1.00. The molecule has 2 N–H and O–H groups in total. The van der Waals surface area contributed by atoms with Crippen LogP contribution in [0.2, 0.25) is 0 Å². The van der Waals surface area contributed by atoms with Crippen molar-refractivity contribution >= 4 is 0 Å². The van der Waals surface area contributed by atoms with E-state index in [-0.39, 0.29) is 0 Å². The van der Waals surface area contributed by atoms with Gasteiger partial charge in [-0.1, -0.05) is 13.8 Å². The molecule has 0 unspecified atom stereocenters. The van der Waals surface area contributed by atoms with Gasteiger partial charge >= 0.3 is 0 Å². The predicted molar refractivity (Wildman–Crippen MR) is 69.4 cm³/mol. The lowest BCUT2D eigenvalue weighted by Crippen LogP contribution is -2.46. The molecule has 94 valence electrons. The number of hydrogen-bond donors (Lipinski definition) is 1. The van der Waals surface area contributed by atoms with E-state index in [1.54, 1.807) is 0 Å². The first-order chi connectivity index (χ1) is 7.66. The Morgan fingerprint density at radius 3 is 2.00 bits per heavy atom. The molecular formula is C14H28N2. The SMILES string of the molecule is CC(C)C1CCC(N2CCC(N)CC2)CC1. The Hall–Kier alpha value is -0.0800. The van der Waals surface area contributed by atoms with Crippen molar-refractivity contribution in [3.8, 4) is 0 Å². The van der Waals surface area contributed by atoms with Crippen LogP contribution in [0.25, 0.3) is 0 Å². The summed E-state index contributed by atoms with van der Waals surface area (Å²) < 4.78 is 0. The van der Waals surface area contributed by atoms with Crippen LogP contribution in [-0.2, 0) is 0 Å². The van der Waals surface area contributed by atoms with Crippen molar-refractivity contribution in [3.05, 3.63) is 0 Å². The van der Waals surface area contributed by atoms with E-state index in [4.69, 9.17) is 5.73 Å². The smallest absolute Gasteiger partial charge is 0.00954 e. The van der Waals surface area contributed by atoms with Crippen LogP contribution in [0.4, 0.5) is 0 Å². The van der Waals surface area contributed by atoms with E-state index >= 15 is 0 Å². The van der Waals surface area contributed by atoms with Gasteiger partial charge in [0.25, 0.3) is 0 Å².